The largest absolute Gasteiger partial charge is 0.497 e. The highest BCUT2D eigenvalue weighted by Gasteiger charge is 2.15. The number of benzene rings is 1. The summed E-state index contributed by atoms with van der Waals surface area (Å²) in [4.78, 5) is 4.76. The second kappa shape index (κ2) is 5.61. The molecular weight excluding hydrogens is 238 g/mol. The first-order valence-corrected chi connectivity index (χ1v) is 6.81. The predicted molar refractivity (Wildman–Crippen MR) is 78.6 cm³/mol. The van der Waals surface area contributed by atoms with Crippen LogP contribution in [0.1, 0.15) is 32.6 Å². The lowest BCUT2D eigenvalue weighted by Crippen LogP contribution is -2.16. The van der Waals surface area contributed by atoms with Crippen molar-refractivity contribution >= 4 is 11.0 Å². The molecular formula is C15H23N3O. The van der Waals surface area contributed by atoms with Crippen molar-refractivity contribution in [2.45, 2.75) is 33.2 Å². The molecule has 4 heteroatoms. The van der Waals surface area contributed by atoms with Crippen molar-refractivity contribution in [1.82, 2.24) is 9.55 Å². The lowest BCUT2D eigenvalue weighted by atomic mass is 10.1. The summed E-state index contributed by atoms with van der Waals surface area (Å²) in [5.41, 5.74) is 7.88. The van der Waals surface area contributed by atoms with Gasteiger partial charge in [0.1, 0.15) is 11.6 Å². The molecule has 1 unspecified atom stereocenters. The van der Waals surface area contributed by atoms with Crippen LogP contribution in [0.25, 0.3) is 11.0 Å². The number of methoxy groups -OCH3 is 1. The molecule has 1 heterocycles. The molecule has 0 spiro atoms. The van der Waals surface area contributed by atoms with E-state index in [1.807, 2.05) is 12.1 Å². The summed E-state index contributed by atoms with van der Waals surface area (Å²) in [6, 6.07) is 6.44. The SMILES string of the molecule is COc1ccc2c(c1)nc(CC(C)CN)n2C(C)C. The van der Waals surface area contributed by atoms with Gasteiger partial charge in [-0.2, -0.15) is 0 Å². The third-order valence-corrected chi connectivity index (χ3v) is 3.42. The number of rotatable bonds is 5. The Balaban J connectivity index is 2.52. The Morgan fingerprint density at radius 2 is 2.05 bits per heavy atom. The summed E-state index contributed by atoms with van der Waals surface area (Å²) in [5, 5.41) is 0. The van der Waals surface area contributed by atoms with Gasteiger partial charge in [-0.15, -0.1) is 0 Å². The average molecular weight is 261 g/mol. The predicted octanol–water partition coefficient (Wildman–Crippen LogP) is 2.76. The minimum atomic E-state index is 0.387. The molecule has 1 atom stereocenters. The van der Waals surface area contributed by atoms with Crippen LogP contribution in [-0.4, -0.2) is 23.2 Å². The number of hydrogen-bond donors (Lipinski definition) is 1. The van der Waals surface area contributed by atoms with E-state index in [-0.39, 0.29) is 0 Å². The molecule has 2 aromatic rings. The van der Waals surface area contributed by atoms with Crippen LogP contribution in [-0.2, 0) is 6.42 Å². The number of fused-ring (bicyclic) bond motifs is 1. The van der Waals surface area contributed by atoms with Gasteiger partial charge in [-0.25, -0.2) is 4.98 Å². The molecule has 2 rings (SSSR count). The second-order valence-corrected chi connectivity index (χ2v) is 5.39. The quantitative estimate of drug-likeness (QED) is 0.900. The fraction of sp³-hybridized carbons (Fsp3) is 0.533. The summed E-state index contributed by atoms with van der Waals surface area (Å²) in [5.74, 6) is 2.40. The minimum absolute atomic E-state index is 0.387. The molecule has 0 bridgehead atoms. The molecule has 19 heavy (non-hydrogen) atoms. The standard InChI is InChI=1S/C15H23N3O/c1-10(2)18-14-6-5-12(19-4)8-13(14)17-15(18)7-11(3)9-16/h5-6,8,10-11H,7,9,16H2,1-4H3. The lowest BCUT2D eigenvalue weighted by molar-refractivity contribution is 0.415. The van der Waals surface area contributed by atoms with Crippen molar-refractivity contribution in [3.05, 3.63) is 24.0 Å². The molecule has 0 amide bonds. The topological polar surface area (TPSA) is 53.1 Å². The summed E-state index contributed by atoms with van der Waals surface area (Å²) in [7, 11) is 1.68. The van der Waals surface area contributed by atoms with E-state index in [2.05, 4.69) is 31.4 Å². The molecule has 0 radical (unpaired) electrons. The Bertz CT molecular complexity index is 560. The van der Waals surface area contributed by atoms with Gasteiger partial charge in [-0.3, -0.25) is 0 Å². The van der Waals surface area contributed by atoms with Crippen molar-refractivity contribution in [2.24, 2.45) is 11.7 Å². The molecule has 0 aliphatic heterocycles. The number of ether oxygens (including phenoxy) is 1. The number of imidazole rings is 1. The van der Waals surface area contributed by atoms with E-state index in [0.29, 0.717) is 18.5 Å². The van der Waals surface area contributed by atoms with E-state index in [4.69, 9.17) is 15.5 Å². The van der Waals surface area contributed by atoms with Gasteiger partial charge in [0.05, 0.1) is 18.1 Å². The minimum Gasteiger partial charge on any atom is -0.497 e. The Morgan fingerprint density at radius 1 is 1.32 bits per heavy atom. The fourth-order valence-electron chi connectivity index (χ4n) is 2.37. The number of aromatic nitrogens is 2. The first-order valence-electron chi connectivity index (χ1n) is 6.81. The van der Waals surface area contributed by atoms with Gasteiger partial charge in [0.25, 0.3) is 0 Å². The monoisotopic (exact) mass is 261 g/mol. The number of hydrogen-bond acceptors (Lipinski definition) is 3. The number of nitrogens with two attached hydrogens (primary N) is 1. The van der Waals surface area contributed by atoms with Crippen LogP contribution in [0.4, 0.5) is 0 Å². The molecule has 1 aromatic heterocycles. The maximum absolute atomic E-state index is 5.73. The van der Waals surface area contributed by atoms with E-state index < -0.39 is 0 Å². The van der Waals surface area contributed by atoms with Crippen molar-refractivity contribution in [3.8, 4) is 5.75 Å². The maximum atomic E-state index is 5.73. The molecule has 0 aliphatic carbocycles. The van der Waals surface area contributed by atoms with E-state index in [1.165, 1.54) is 0 Å². The molecule has 0 saturated carbocycles. The van der Waals surface area contributed by atoms with Gasteiger partial charge in [0, 0.05) is 18.5 Å². The first-order chi connectivity index (χ1) is 9.06. The third kappa shape index (κ3) is 2.73. The molecule has 0 fully saturated rings. The summed E-state index contributed by atoms with van der Waals surface area (Å²) >= 11 is 0. The molecule has 0 aliphatic rings. The highest BCUT2D eigenvalue weighted by atomic mass is 16.5. The molecule has 104 valence electrons. The van der Waals surface area contributed by atoms with Gasteiger partial charge >= 0.3 is 0 Å². The first kappa shape index (κ1) is 13.9. The Kier molecular flexibility index (Phi) is 4.10. The van der Waals surface area contributed by atoms with E-state index in [1.54, 1.807) is 7.11 Å². The Labute approximate surface area is 114 Å². The molecule has 0 saturated heterocycles. The smallest absolute Gasteiger partial charge is 0.121 e. The van der Waals surface area contributed by atoms with Gasteiger partial charge in [-0.1, -0.05) is 6.92 Å². The molecule has 1 aromatic carbocycles. The summed E-state index contributed by atoms with van der Waals surface area (Å²) in [6.07, 6.45) is 0.908. The highest BCUT2D eigenvalue weighted by Crippen LogP contribution is 2.26. The highest BCUT2D eigenvalue weighted by molar-refractivity contribution is 5.78. The van der Waals surface area contributed by atoms with Crippen LogP contribution in [0.3, 0.4) is 0 Å². The zero-order valence-corrected chi connectivity index (χ0v) is 12.2. The van der Waals surface area contributed by atoms with Gasteiger partial charge in [0.2, 0.25) is 0 Å². The zero-order chi connectivity index (χ0) is 14.0. The van der Waals surface area contributed by atoms with Gasteiger partial charge in [-0.05, 0) is 38.4 Å². The molecule has 4 nitrogen and oxygen atoms in total. The average Bonchev–Trinajstić information content (AvgIpc) is 2.74. The van der Waals surface area contributed by atoms with Crippen LogP contribution in [0.2, 0.25) is 0 Å². The Hall–Kier alpha value is -1.55. The maximum Gasteiger partial charge on any atom is 0.121 e. The zero-order valence-electron chi connectivity index (χ0n) is 12.2. The van der Waals surface area contributed by atoms with Crippen LogP contribution in [0.15, 0.2) is 18.2 Å². The van der Waals surface area contributed by atoms with Crippen LogP contribution < -0.4 is 10.5 Å². The van der Waals surface area contributed by atoms with E-state index >= 15 is 0 Å². The van der Waals surface area contributed by atoms with Gasteiger partial charge < -0.3 is 15.0 Å². The van der Waals surface area contributed by atoms with Crippen LogP contribution >= 0.6 is 0 Å². The van der Waals surface area contributed by atoms with Crippen molar-refractivity contribution in [3.63, 3.8) is 0 Å². The van der Waals surface area contributed by atoms with Crippen LogP contribution in [0.5, 0.6) is 5.75 Å². The normalized spacial score (nSPS) is 13.2. The summed E-state index contributed by atoms with van der Waals surface area (Å²) < 4.78 is 7.56. The second-order valence-electron chi connectivity index (χ2n) is 5.39. The lowest BCUT2D eigenvalue weighted by Gasteiger charge is -2.15. The fourth-order valence-corrected chi connectivity index (χ4v) is 2.37. The number of nitrogens with zero attached hydrogens (tertiary/aromatic N) is 2. The summed E-state index contributed by atoms with van der Waals surface area (Å²) in [6.45, 7) is 7.21. The van der Waals surface area contributed by atoms with Gasteiger partial charge in [0.15, 0.2) is 0 Å². The molecule has 2 N–H and O–H groups in total. The Morgan fingerprint density at radius 3 is 2.63 bits per heavy atom. The van der Waals surface area contributed by atoms with Crippen molar-refractivity contribution in [2.75, 3.05) is 13.7 Å². The van der Waals surface area contributed by atoms with Crippen molar-refractivity contribution < 1.29 is 4.74 Å². The third-order valence-electron chi connectivity index (χ3n) is 3.42. The van der Waals surface area contributed by atoms with Crippen LogP contribution in [0, 0.1) is 5.92 Å². The van der Waals surface area contributed by atoms with Crippen molar-refractivity contribution in [1.29, 1.82) is 0 Å². The van der Waals surface area contributed by atoms with E-state index in [9.17, 15) is 0 Å². The van der Waals surface area contributed by atoms with E-state index in [0.717, 1.165) is 29.0 Å².